The molecular formula is C14H20N2O4. The van der Waals surface area contributed by atoms with Crippen LogP contribution in [0, 0.1) is 0 Å². The molecule has 0 bridgehead atoms. The number of hydrogen-bond acceptors (Lipinski definition) is 4. The molecule has 0 heterocycles. The van der Waals surface area contributed by atoms with Crippen molar-refractivity contribution < 1.29 is 19.1 Å². The van der Waals surface area contributed by atoms with E-state index in [9.17, 15) is 9.59 Å². The van der Waals surface area contributed by atoms with E-state index < -0.39 is 0 Å². The highest BCUT2D eigenvalue weighted by Crippen LogP contribution is 2.27. The summed E-state index contributed by atoms with van der Waals surface area (Å²) in [6, 6.07) is 4.83. The molecule has 0 aliphatic carbocycles. The van der Waals surface area contributed by atoms with Gasteiger partial charge < -0.3 is 19.7 Å². The van der Waals surface area contributed by atoms with Crippen molar-refractivity contribution in [2.24, 2.45) is 0 Å². The largest absolute Gasteiger partial charge is 0.493 e. The summed E-state index contributed by atoms with van der Waals surface area (Å²) >= 11 is 0. The third-order valence-corrected chi connectivity index (χ3v) is 2.95. The molecule has 0 radical (unpaired) electrons. The predicted molar refractivity (Wildman–Crippen MR) is 75.2 cm³/mol. The molecule has 0 aromatic heterocycles. The molecule has 0 unspecified atom stereocenters. The van der Waals surface area contributed by atoms with Gasteiger partial charge in [0.05, 0.1) is 20.8 Å². The number of carbonyl (C=O) groups is 2. The molecule has 6 nitrogen and oxygen atoms in total. The Morgan fingerprint density at radius 1 is 1.20 bits per heavy atom. The Labute approximate surface area is 118 Å². The zero-order chi connectivity index (χ0) is 15.1. The molecule has 0 saturated heterocycles. The summed E-state index contributed by atoms with van der Waals surface area (Å²) in [7, 11) is 4.71. The Bertz CT molecular complexity index is 488. The van der Waals surface area contributed by atoms with Crippen molar-refractivity contribution in [3.05, 3.63) is 23.8 Å². The molecule has 20 heavy (non-hydrogen) atoms. The Kier molecular flexibility index (Phi) is 5.83. The Balaban J connectivity index is 2.71. The number of likely N-dealkylation sites (N-methyl/N-ethyl adjacent to an activating group) is 1. The molecule has 1 aromatic rings. The summed E-state index contributed by atoms with van der Waals surface area (Å²) in [5.41, 5.74) is 0.412. The maximum Gasteiger partial charge on any atom is 0.251 e. The van der Waals surface area contributed by atoms with Crippen molar-refractivity contribution in [3.8, 4) is 11.5 Å². The second-order valence-corrected chi connectivity index (χ2v) is 4.16. The summed E-state index contributed by atoms with van der Waals surface area (Å²) in [4.78, 5) is 25.1. The lowest BCUT2D eigenvalue weighted by atomic mass is 10.2. The standard InChI is InChI=1S/C14H20N2O4/c1-5-16(2)13(17)9-15-14(18)10-6-7-11(19-3)12(8-10)20-4/h6-8H,5,9H2,1-4H3,(H,15,18). The average molecular weight is 280 g/mol. The minimum absolute atomic E-state index is 0.0302. The number of benzene rings is 1. The lowest BCUT2D eigenvalue weighted by molar-refractivity contribution is -0.128. The fourth-order valence-corrected chi connectivity index (χ4v) is 1.55. The van der Waals surface area contributed by atoms with Crippen molar-refractivity contribution in [3.63, 3.8) is 0 Å². The minimum Gasteiger partial charge on any atom is -0.493 e. The van der Waals surface area contributed by atoms with Crippen molar-refractivity contribution >= 4 is 11.8 Å². The topological polar surface area (TPSA) is 67.9 Å². The highest BCUT2D eigenvalue weighted by Gasteiger charge is 2.13. The van der Waals surface area contributed by atoms with Crippen molar-refractivity contribution in [2.45, 2.75) is 6.92 Å². The molecule has 0 spiro atoms. The molecule has 0 fully saturated rings. The molecule has 110 valence electrons. The molecule has 0 aliphatic heterocycles. The number of ether oxygens (including phenoxy) is 2. The summed E-state index contributed by atoms with van der Waals surface area (Å²) in [6.45, 7) is 2.44. The molecular weight excluding hydrogens is 260 g/mol. The fourth-order valence-electron chi connectivity index (χ4n) is 1.55. The van der Waals surface area contributed by atoms with Gasteiger partial charge in [0, 0.05) is 19.2 Å². The van der Waals surface area contributed by atoms with E-state index in [0.717, 1.165) is 0 Å². The Hall–Kier alpha value is -2.24. The van der Waals surface area contributed by atoms with Crippen molar-refractivity contribution in [1.29, 1.82) is 0 Å². The first kappa shape index (κ1) is 15.8. The summed E-state index contributed by atoms with van der Waals surface area (Å²) < 4.78 is 10.2. The van der Waals surface area contributed by atoms with Crippen LogP contribution < -0.4 is 14.8 Å². The molecule has 1 rings (SSSR count). The van der Waals surface area contributed by atoms with Gasteiger partial charge in [0.25, 0.3) is 5.91 Å². The van der Waals surface area contributed by atoms with Crippen LogP contribution in [0.4, 0.5) is 0 Å². The predicted octanol–water partition coefficient (Wildman–Crippen LogP) is 0.912. The first-order valence-corrected chi connectivity index (χ1v) is 6.27. The van der Waals surface area contributed by atoms with Crippen molar-refractivity contribution in [2.75, 3.05) is 34.4 Å². The highest BCUT2D eigenvalue weighted by atomic mass is 16.5. The van der Waals surface area contributed by atoms with Crippen LogP contribution in [0.5, 0.6) is 11.5 Å². The first-order chi connectivity index (χ1) is 9.53. The molecule has 0 atom stereocenters. The van der Waals surface area contributed by atoms with Gasteiger partial charge in [-0.1, -0.05) is 0 Å². The van der Waals surface area contributed by atoms with Crippen LogP contribution in [0.2, 0.25) is 0 Å². The maximum absolute atomic E-state index is 11.9. The zero-order valence-electron chi connectivity index (χ0n) is 12.2. The summed E-state index contributed by atoms with van der Waals surface area (Å²) in [5.74, 6) is 0.549. The van der Waals surface area contributed by atoms with E-state index in [0.29, 0.717) is 23.6 Å². The average Bonchev–Trinajstić information content (AvgIpc) is 2.50. The molecule has 2 amide bonds. The van der Waals surface area contributed by atoms with Crippen LogP contribution in [-0.2, 0) is 4.79 Å². The second kappa shape index (κ2) is 7.37. The number of methoxy groups -OCH3 is 2. The lowest BCUT2D eigenvalue weighted by Gasteiger charge is -2.15. The van der Waals surface area contributed by atoms with E-state index in [-0.39, 0.29) is 18.4 Å². The van der Waals surface area contributed by atoms with Gasteiger partial charge in [-0.3, -0.25) is 9.59 Å². The van der Waals surface area contributed by atoms with Gasteiger partial charge in [0.2, 0.25) is 5.91 Å². The second-order valence-electron chi connectivity index (χ2n) is 4.16. The van der Waals surface area contributed by atoms with Gasteiger partial charge in [-0.15, -0.1) is 0 Å². The number of amides is 2. The van der Waals surface area contributed by atoms with E-state index in [1.165, 1.54) is 19.1 Å². The maximum atomic E-state index is 11.9. The quantitative estimate of drug-likeness (QED) is 0.841. The van der Waals surface area contributed by atoms with E-state index in [1.54, 1.807) is 25.2 Å². The van der Waals surface area contributed by atoms with Crippen LogP contribution in [0.15, 0.2) is 18.2 Å². The number of nitrogens with one attached hydrogen (secondary N) is 1. The van der Waals surface area contributed by atoms with Gasteiger partial charge in [-0.2, -0.15) is 0 Å². The number of carbonyl (C=O) groups excluding carboxylic acids is 2. The van der Waals surface area contributed by atoms with Gasteiger partial charge in [-0.05, 0) is 25.1 Å². The summed E-state index contributed by atoms with van der Waals surface area (Å²) in [5, 5.41) is 2.58. The van der Waals surface area contributed by atoms with Crippen molar-refractivity contribution in [1.82, 2.24) is 10.2 Å². The summed E-state index contributed by atoms with van der Waals surface area (Å²) in [6.07, 6.45) is 0. The first-order valence-electron chi connectivity index (χ1n) is 6.27. The number of rotatable bonds is 6. The molecule has 0 saturated carbocycles. The monoisotopic (exact) mass is 280 g/mol. The van der Waals surface area contributed by atoms with E-state index >= 15 is 0 Å². The van der Waals surface area contributed by atoms with E-state index in [2.05, 4.69) is 5.32 Å². The molecule has 0 aliphatic rings. The molecule has 6 heteroatoms. The minimum atomic E-state index is -0.330. The SMILES string of the molecule is CCN(C)C(=O)CNC(=O)c1ccc(OC)c(OC)c1. The smallest absolute Gasteiger partial charge is 0.251 e. The third kappa shape index (κ3) is 3.88. The molecule has 1 aromatic carbocycles. The lowest BCUT2D eigenvalue weighted by Crippen LogP contribution is -2.37. The Morgan fingerprint density at radius 3 is 2.40 bits per heavy atom. The van der Waals surface area contributed by atoms with E-state index in [1.807, 2.05) is 6.92 Å². The van der Waals surface area contributed by atoms with Crippen LogP contribution in [-0.4, -0.2) is 51.1 Å². The number of nitrogens with zero attached hydrogens (tertiary/aromatic N) is 1. The van der Waals surface area contributed by atoms with Crippen LogP contribution in [0.1, 0.15) is 17.3 Å². The van der Waals surface area contributed by atoms with Gasteiger partial charge in [0.15, 0.2) is 11.5 Å². The molecule has 1 N–H and O–H groups in total. The zero-order valence-corrected chi connectivity index (χ0v) is 12.2. The van der Waals surface area contributed by atoms with Gasteiger partial charge in [0.1, 0.15) is 0 Å². The fraction of sp³-hybridized carbons (Fsp3) is 0.429. The number of hydrogen-bond donors (Lipinski definition) is 1. The Morgan fingerprint density at radius 2 is 1.85 bits per heavy atom. The third-order valence-electron chi connectivity index (χ3n) is 2.95. The van der Waals surface area contributed by atoms with Gasteiger partial charge in [-0.25, -0.2) is 0 Å². The van der Waals surface area contributed by atoms with Crippen LogP contribution in [0.25, 0.3) is 0 Å². The highest BCUT2D eigenvalue weighted by molar-refractivity contribution is 5.97. The van der Waals surface area contributed by atoms with Crippen LogP contribution >= 0.6 is 0 Å². The normalized spacial score (nSPS) is 9.80. The van der Waals surface area contributed by atoms with Crippen LogP contribution in [0.3, 0.4) is 0 Å². The van der Waals surface area contributed by atoms with Gasteiger partial charge >= 0.3 is 0 Å². The van der Waals surface area contributed by atoms with E-state index in [4.69, 9.17) is 9.47 Å².